The Kier molecular flexibility index (Phi) is 3.70. The van der Waals surface area contributed by atoms with Gasteiger partial charge in [-0.1, -0.05) is 84.9 Å². The summed E-state index contributed by atoms with van der Waals surface area (Å²) in [6.45, 7) is 0. The summed E-state index contributed by atoms with van der Waals surface area (Å²) in [5.74, 6) is -0.0203. The molecular formula is C30H18N2O. The highest BCUT2D eigenvalue weighted by atomic mass is 16.2. The number of fused-ring (bicyclic) bond motifs is 5. The van der Waals surface area contributed by atoms with Crippen LogP contribution in [-0.2, 0) is 0 Å². The van der Waals surface area contributed by atoms with Gasteiger partial charge >= 0.3 is 0 Å². The zero-order chi connectivity index (χ0) is 21.9. The van der Waals surface area contributed by atoms with Crippen molar-refractivity contribution in [1.82, 2.24) is 4.98 Å². The number of hydrogen-bond acceptors (Lipinski definition) is 2. The number of nitrogens with zero attached hydrogens (tertiary/aromatic N) is 2. The van der Waals surface area contributed by atoms with Crippen LogP contribution in [0.2, 0.25) is 0 Å². The number of pyridine rings is 1. The lowest BCUT2D eigenvalue weighted by Crippen LogP contribution is -2.23. The molecule has 5 aromatic rings. The number of rotatable bonds is 1. The highest BCUT2D eigenvalue weighted by Gasteiger charge is 2.39. The summed E-state index contributed by atoms with van der Waals surface area (Å²) < 4.78 is 0. The Labute approximate surface area is 191 Å². The van der Waals surface area contributed by atoms with Gasteiger partial charge in [-0.05, 0) is 40.5 Å². The third kappa shape index (κ3) is 2.45. The van der Waals surface area contributed by atoms with Gasteiger partial charge in [0.25, 0.3) is 5.91 Å². The molecule has 154 valence electrons. The summed E-state index contributed by atoms with van der Waals surface area (Å²) in [6, 6.07) is 34.8. The van der Waals surface area contributed by atoms with E-state index >= 15 is 0 Å². The quantitative estimate of drug-likeness (QED) is 0.292. The normalized spacial score (nSPS) is 13.9. The van der Waals surface area contributed by atoms with Gasteiger partial charge in [-0.25, -0.2) is 0 Å². The van der Waals surface area contributed by atoms with Crippen LogP contribution in [0.3, 0.4) is 0 Å². The van der Waals surface area contributed by atoms with Crippen LogP contribution < -0.4 is 4.90 Å². The molecule has 3 heteroatoms. The molecule has 33 heavy (non-hydrogen) atoms. The summed E-state index contributed by atoms with van der Waals surface area (Å²) in [4.78, 5) is 20.4. The lowest BCUT2D eigenvalue weighted by molar-refractivity contribution is 0.101. The van der Waals surface area contributed by atoms with Gasteiger partial charge in [0.1, 0.15) is 0 Å². The molecule has 0 N–H and O–H groups in total. The average molecular weight is 422 g/mol. The molecule has 0 bridgehead atoms. The standard InChI is InChI=1S/C30H18N2O/c33-30-25-16-6-5-15-24(25)29(32(30)26-17-7-9-19-10-8-18-31-28(19)26)27-22-13-3-1-11-20(22)21-12-2-4-14-23(21)27/h1-18H. The fourth-order valence-electron chi connectivity index (χ4n) is 5.24. The van der Waals surface area contributed by atoms with Crippen molar-refractivity contribution in [3.8, 4) is 11.1 Å². The van der Waals surface area contributed by atoms with Crippen molar-refractivity contribution in [3.63, 3.8) is 0 Å². The first-order valence-electron chi connectivity index (χ1n) is 11.0. The van der Waals surface area contributed by atoms with Crippen molar-refractivity contribution in [2.45, 2.75) is 0 Å². The van der Waals surface area contributed by atoms with Gasteiger partial charge in [0.2, 0.25) is 0 Å². The molecular weight excluding hydrogens is 404 g/mol. The monoisotopic (exact) mass is 422 g/mol. The molecule has 0 spiro atoms. The average Bonchev–Trinajstić information content (AvgIpc) is 3.35. The minimum absolute atomic E-state index is 0.0203. The highest BCUT2D eigenvalue weighted by molar-refractivity contribution is 6.30. The number of para-hydroxylation sites is 1. The molecule has 0 radical (unpaired) electrons. The van der Waals surface area contributed by atoms with Crippen LogP contribution in [0.15, 0.2) is 109 Å². The van der Waals surface area contributed by atoms with Gasteiger partial charge < -0.3 is 0 Å². The van der Waals surface area contributed by atoms with Crippen LogP contribution in [0, 0.1) is 0 Å². The van der Waals surface area contributed by atoms with Crippen molar-refractivity contribution >= 4 is 33.8 Å². The van der Waals surface area contributed by atoms with Crippen molar-refractivity contribution in [2.24, 2.45) is 0 Å². The predicted molar refractivity (Wildman–Crippen MR) is 133 cm³/mol. The van der Waals surface area contributed by atoms with E-state index in [4.69, 9.17) is 0 Å². The third-order valence-corrected chi connectivity index (χ3v) is 6.61. The predicted octanol–water partition coefficient (Wildman–Crippen LogP) is 6.79. The Morgan fingerprint density at radius 2 is 1.12 bits per heavy atom. The van der Waals surface area contributed by atoms with E-state index in [1.54, 1.807) is 6.20 Å². The summed E-state index contributed by atoms with van der Waals surface area (Å²) in [5, 5.41) is 1.01. The Balaban J connectivity index is 1.63. The molecule has 0 saturated heterocycles. The molecule has 1 aliphatic carbocycles. The summed E-state index contributed by atoms with van der Waals surface area (Å²) in [5.41, 5.74) is 10.0. The largest absolute Gasteiger partial charge is 0.273 e. The zero-order valence-corrected chi connectivity index (χ0v) is 17.7. The van der Waals surface area contributed by atoms with Gasteiger partial charge in [0.05, 0.1) is 16.9 Å². The zero-order valence-electron chi connectivity index (χ0n) is 17.7. The van der Waals surface area contributed by atoms with Gasteiger partial charge in [0, 0.05) is 28.3 Å². The number of aromatic nitrogens is 1. The number of anilines is 1. The van der Waals surface area contributed by atoms with Crippen molar-refractivity contribution < 1.29 is 4.79 Å². The first-order chi connectivity index (χ1) is 16.3. The molecule has 0 atom stereocenters. The van der Waals surface area contributed by atoms with Crippen LogP contribution in [0.5, 0.6) is 0 Å². The maximum absolute atomic E-state index is 13.9. The number of hydrogen-bond donors (Lipinski definition) is 0. The summed E-state index contributed by atoms with van der Waals surface area (Å²) in [7, 11) is 0. The number of amides is 1. The summed E-state index contributed by atoms with van der Waals surface area (Å²) in [6.07, 6.45) is 1.78. The third-order valence-electron chi connectivity index (χ3n) is 6.61. The SMILES string of the molecule is O=C1c2ccccc2C(=C2c3ccccc3-c3ccccc32)N1c1cccc2cccnc12. The topological polar surface area (TPSA) is 33.2 Å². The van der Waals surface area contributed by atoms with Crippen molar-refractivity contribution in [2.75, 3.05) is 4.90 Å². The lowest BCUT2D eigenvalue weighted by atomic mass is 9.97. The maximum Gasteiger partial charge on any atom is 0.263 e. The molecule has 2 heterocycles. The Morgan fingerprint density at radius 1 is 0.545 bits per heavy atom. The first kappa shape index (κ1) is 18.1. The van der Waals surface area contributed by atoms with Gasteiger partial charge in [0.15, 0.2) is 0 Å². The minimum Gasteiger partial charge on any atom is -0.273 e. The molecule has 0 fully saturated rings. The molecule has 1 amide bonds. The minimum atomic E-state index is -0.0203. The van der Waals surface area contributed by atoms with E-state index in [-0.39, 0.29) is 5.91 Å². The molecule has 4 aromatic carbocycles. The van der Waals surface area contributed by atoms with Crippen LogP contribution in [-0.4, -0.2) is 10.9 Å². The van der Waals surface area contributed by atoms with Crippen molar-refractivity contribution in [1.29, 1.82) is 0 Å². The molecule has 1 aliphatic heterocycles. The number of benzene rings is 4. The second-order valence-corrected chi connectivity index (χ2v) is 8.35. The molecule has 0 unspecified atom stereocenters. The van der Waals surface area contributed by atoms with Crippen LogP contribution in [0.25, 0.3) is 33.3 Å². The fraction of sp³-hybridized carbons (Fsp3) is 0. The Morgan fingerprint density at radius 3 is 1.82 bits per heavy atom. The first-order valence-corrected chi connectivity index (χ1v) is 11.0. The second-order valence-electron chi connectivity index (χ2n) is 8.35. The molecule has 0 saturated carbocycles. The Hall–Kier alpha value is -4.50. The Bertz CT molecular complexity index is 1590. The van der Waals surface area contributed by atoms with E-state index in [1.807, 2.05) is 53.4 Å². The number of carbonyl (C=O) groups is 1. The summed E-state index contributed by atoms with van der Waals surface area (Å²) >= 11 is 0. The molecule has 3 nitrogen and oxygen atoms in total. The van der Waals surface area contributed by atoms with E-state index in [9.17, 15) is 4.79 Å². The van der Waals surface area contributed by atoms with E-state index in [0.29, 0.717) is 0 Å². The fourth-order valence-corrected chi connectivity index (χ4v) is 5.24. The van der Waals surface area contributed by atoms with Crippen LogP contribution >= 0.6 is 0 Å². The maximum atomic E-state index is 13.9. The van der Waals surface area contributed by atoms with Gasteiger partial charge in [-0.15, -0.1) is 0 Å². The van der Waals surface area contributed by atoms with E-state index in [0.717, 1.165) is 50.1 Å². The van der Waals surface area contributed by atoms with Crippen LogP contribution in [0.4, 0.5) is 5.69 Å². The van der Waals surface area contributed by atoms with Crippen molar-refractivity contribution in [3.05, 3.63) is 132 Å². The number of carbonyl (C=O) groups excluding carboxylic acids is 1. The smallest absolute Gasteiger partial charge is 0.263 e. The lowest BCUT2D eigenvalue weighted by Gasteiger charge is -2.23. The van der Waals surface area contributed by atoms with E-state index in [2.05, 4.69) is 59.6 Å². The molecule has 7 rings (SSSR count). The highest BCUT2D eigenvalue weighted by Crippen LogP contribution is 2.51. The van der Waals surface area contributed by atoms with Crippen LogP contribution in [0.1, 0.15) is 27.0 Å². The molecule has 2 aliphatic rings. The second kappa shape index (κ2) is 6.75. The van der Waals surface area contributed by atoms with E-state index < -0.39 is 0 Å². The van der Waals surface area contributed by atoms with Gasteiger partial charge in [-0.3, -0.25) is 14.7 Å². The van der Waals surface area contributed by atoms with E-state index in [1.165, 1.54) is 11.1 Å². The molecule has 1 aromatic heterocycles. The van der Waals surface area contributed by atoms with Gasteiger partial charge in [-0.2, -0.15) is 0 Å².